The second-order valence-electron chi connectivity index (χ2n) is 6.14. The predicted octanol–water partition coefficient (Wildman–Crippen LogP) is 5.81. The normalized spacial score (nSPS) is 12.0. The third-order valence-corrected chi connectivity index (χ3v) is 5.36. The Morgan fingerprint density at radius 2 is 1.97 bits per heavy atom. The molecule has 0 aliphatic carbocycles. The first-order valence-electron chi connectivity index (χ1n) is 9.26. The van der Waals surface area contributed by atoms with Crippen LogP contribution >= 0.6 is 35.0 Å². The van der Waals surface area contributed by atoms with E-state index in [1.807, 2.05) is 32.9 Å². The van der Waals surface area contributed by atoms with Crippen molar-refractivity contribution in [3.05, 3.63) is 52.0 Å². The fraction of sp³-hybridized carbons (Fsp3) is 0.333. The molecule has 29 heavy (non-hydrogen) atoms. The van der Waals surface area contributed by atoms with Crippen molar-refractivity contribution in [1.29, 1.82) is 0 Å². The Bertz CT molecular complexity index is 845. The lowest BCUT2D eigenvalue weighted by Gasteiger charge is -2.18. The summed E-state index contributed by atoms with van der Waals surface area (Å²) in [7, 11) is 0. The topological polar surface area (TPSA) is 59.9 Å². The van der Waals surface area contributed by atoms with Crippen LogP contribution in [-0.4, -0.2) is 30.6 Å². The number of nitrogens with zero attached hydrogens (tertiary/aromatic N) is 1. The highest BCUT2D eigenvalue weighted by Crippen LogP contribution is 2.37. The molecule has 2 aromatic carbocycles. The first kappa shape index (κ1) is 23.4. The van der Waals surface area contributed by atoms with Crippen LogP contribution in [0.3, 0.4) is 0 Å². The van der Waals surface area contributed by atoms with Gasteiger partial charge in [0.05, 0.1) is 29.7 Å². The average molecular weight is 455 g/mol. The lowest BCUT2D eigenvalue weighted by molar-refractivity contribution is -0.118. The van der Waals surface area contributed by atoms with Crippen molar-refractivity contribution in [3.63, 3.8) is 0 Å². The maximum atomic E-state index is 12.0. The van der Waals surface area contributed by atoms with E-state index in [0.29, 0.717) is 33.7 Å². The number of hydrogen-bond acceptors (Lipinski definition) is 5. The first-order chi connectivity index (χ1) is 13.9. The second-order valence-corrected chi connectivity index (χ2v) is 8.03. The van der Waals surface area contributed by atoms with Gasteiger partial charge in [-0.1, -0.05) is 30.1 Å². The number of benzene rings is 2. The molecule has 0 heterocycles. The molecule has 0 aromatic heterocycles. The summed E-state index contributed by atoms with van der Waals surface area (Å²) in [5.41, 5.74) is 3.20. The van der Waals surface area contributed by atoms with Gasteiger partial charge in [0.15, 0.2) is 11.5 Å². The Kier molecular flexibility index (Phi) is 9.64. The number of thioether (sulfide) groups is 1. The van der Waals surface area contributed by atoms with Gasteiger partial charge in [0, 0.05) is 9.92 Å². The summed E-state index contributed by atoms with van der Waals surface area (Å²) < 4.78 is 11.5. The van der Waals surface area contributed by atoms with Crippen molar-refractivity contribution in [2.75, 3.05) is 12.4 Å². The minimum atomic E-state index is -0.214. The summed E-state index contributed by atoms with van der Waals surface area (Å²) in [6.45, 7) is 6.37. The van der Waals surface area contributed by atoms with E-state index in [1.165, 1.54) is 18.0 Å². The molecule has 0 saturated carbocycles. The van der Waals surface area contributed by atoms with E-state index in [0.717, 1.165) is 11.3 Å². The fourth-order valence-electron chi connectivity index (χ4n) is 2.22. The number of nitrogens with one attached hydrogen (secondary N) is 1. The third-order valence-electron chi connectivity index (χ3n) is 3.81. The van der Waals surface area contributed by atoms with Gasteiger partial charge in [0.2, 0.25) is 5.91 Å². The molecule has 8 heteroatoms. The van der Waals surface area contributed by atoms with E-state index >= 15 is 0 Å². The number of amides is 1. The highest BCUT2D eigenvalue weighted by molar-refractivity contribution is 8.00. The van der Waals surface area contributed by atoms with Crippen molar-refractivity contribution in [2.45, 2.75) is 38.2 Å². The SMILES string of the molecule is CCOc1cc(/C=N\NC(=O)CSc2ccc(Cl)cc2)cc(Cl)c1O[C@H](C)CC. The standard InChI is InChI=1S/C21H24Cl2N2O3S/c1-4-14(3)28-21-18(23)10-15(11-19(21)27-5-2)12-24-25-20(26)13-29-17-8-6-16(22)7-9-17/h6-12,14H,4-5,13H2,1-3H3,(H,25,26)/b24-12-/t14-/m1/s1. The highest BCUT2D eigenvalue weighted by Gasteiger charge is 2.14. The van der Waals surface area contributed by atoms with Gasteiger partial charge in [-0.2, -0.15) is 5.10 Å². The number of hydrogen-bond donors (Lipinski definition) is 1. The van der Waals surface area contributed by atoms with E-state index in [2.05, 4.69) is 10.5 Å². The molecule has 156 valence electrons. The Morgan fingerprint density at radius 1 is 1.24 bits per heavy atom. The van der Waals surface area contributed by atoms with Crippen LogP contribution in [0.1, 0.15) is 32.8 Å². The zero-order valence-electron chi connectivity index (χ0n) is 16.6. The molecule has 1 amide bonds. The van der Waals surface area contributed by atoms with Gasteiger partial charge in [-0.25, -0.2) is 5.43 Å². The van der Waals surface area contributed by atoms with Gasteiger partial charge < -0.3 is 9.47 Å². The van der Waals surface area contributed by atoms with Crippen LogP contribution in [0.2, 0.25) is 10.0 Å². The minimum Gasteiger partial charge on any atom is -0.490 e. The zero-order valence-corrected chi connectivity index (χ0v) is 18.9. The van der Waals surface area contributed by atoms with Gasteiger partial charge in [-0.15, -0.1) is 11.8 Å². The average Bonchev–Trinajstić information content (AvgIpc) is 2.70. The number of ether oxygens (including phenoxy) is 2. The van der Waals surface area contributed by atoms with Crippen molar-refractivity contribution in [1.82, 2.24) is 5.43 Å². The van der Waals surface area contributed by atoms with Gasteiger partial charge in [0.25, 0.3) is 0 Å². The molecular formula is C21H24Cl2N2O3S. The molecule has 0 aliphatic rings. The summed E-state index contributed by atoms with van der Waals surface area (Å²) in [5.74, 6) is 1.09. The number of carbonyl (C=O) groups is 1. The summed E-state index contributed by atoms with van der Waals surface area (Å²) in [6, 6.07) is 10.8. The molecule has 0 fully saturated rings. The smallest absolute Gasteiger partial charge is 0.250 e. The van der Waals surface area contributed by atoms with E-state index in [-0.39, 0.29) is 17.8 Å². The maximum Gasteiger partial charge on any atom is 0.250 e. The Hall–Kier alpha value is -1.89. The Labute approximate surface area is 185 Å². The van der Waals surface area contributed by atoms with Crippen molar-refractivity contribution in [2.24, 2.45) is 5.10 Å². The fourth-order valence-corrected chi connectivity index (χ4v) is 3.30. The second kappa shape index (κ2) is 12.0. The van der Waals surface area contributed by atoms with Crippen LogP contribution in [0.25, 0.3) is 0 Å². The summed E-state index contributed by atoms with van der Waals surface area (Å²) in [4.78, 5) is 12.9. The van der Waals surface area contributed by atoms with Crippen LogP contribution in [0.5, 0.6) is 11.5 Å². The minimum absolute atomic E-state index is 0.0173. The van der Waals surface area contributed by atoms with Crippen LogP contribution in [0.4, 0.5) is 0 Å². The van der Waals surface area contributed by atoms with E-state index in [1.54, 1.807) is 24.3 Å². The molecule has 0 aliphatic heterocycles. The summed E-state index contributed by atoms with van der Waals surface area (Å²) >= 11 is 13.6. The zero-order chi connectivity index (χ0) is 21.2. The van der Waals surface area contributed by atoms with Crippen molar-refractivity contribution < 1.29 is 14.3 Å². The van der Waals surface area contributed by atoms with Gasteiger partial charge >= 0.3 is 0 Å². The molecule has 0 spiro atoms. The Morgan fingerprint density at radius 3 is 2.62 bits per heavy atom. The van der Waals surface area contributed by atoms with Crippen molar-refractivity contribution >= 4 is 47.1 Å². The molecule has 5 nitrogen and oxygen atoms in total. The lowest BCUT2D eigenvalue weighted by atomic mass is 10.2. The molecule has 2 rings (SSSR count). The molecule has 1 N–H and O–H groups in total. The quantitative estimate of drug-likeness (QED) is 0.279. The number of halogens is 2. The van der Waals surface area contributed by atoms with Crippen LogP contribution < -0.4 is 14.9 Å². The molecule has 0 unspecified atom stereocenters. The lowest BCUT2D eigenvalue weighted by Crippen LogP contribution is -2.19. The number of carbonyl (C=O) groups excluding carboxylic acids is 1. The largest absolute Gasteiger partial charge is 0.490 e. The highest BCUT2D eigenvalue weighted by atomic mass is 35.5. The van der Waals surface area contributed by atoms with Gasteiger partial charge in [0.1, 0.15) is 0 Å². The molecule has 0 bridgehead atoms. The van der Waals surface area contributed by atoms with E-state index in [4.69, 9.17) is 32.7 Å². The van der Waals surface area contributed by atoms with Crippen LogP contribution in [0.15, 0.2) is 46.4 Å². The van der Waals surface area contributed by atoms with E-state index in [9.17, 15) is 4.79 Å². The van der Waals surface area contributed by atoms with E-state index < -0.39 is 0 Å². The predicted molar refractivity (Wildman–Crippen MR) is 121 cm³/mol. The molecular weight excluding hydrogens is 431 g/mol. The first-order valence-corrected chi connectivity index (χ1v) is 11.0. The molecule has 0 saturated heterocycles. The maximum absolute atomic E-state index is 12.0. The summed E-state index contributed by atoms with van der Waals surface area (Å²) in [6.07, 6.45) is 2.39. The molecule has 2 aromatic rings. The third kappa shape index (κ3) is 7.80. The van der Waals surface area contributed by atoms with Gasteiger partial charge in [-0.05, 0) is 62.2 Å². The number of hydrazone groups is 1. The van der Waals surface area contributed by atoms with Crippen molar-refractivity contribution in [3.8, 4) is 11.5 Å². The Balaban J connectivity index is 1.98. The molecule has 0 radical (unpaired) electrons. The molecule has 1 atom stereocenters. The van der Waals surface area contributed by atoms with Gasteiger partial charge in [-0.3, -0.25) is 4.79 Å². The number of rotatable bonds is 10. The van der Waals surface area contributed by atoms with Crippen LogP contribution in [-0.2, 0) is 4.79 Å². The monoisotopic (exact) mass is 454 g/mol. The van der Waals surface area contributed by atoms with Crippen LogP contribution in [0, 0.1) is 0 Å². The summed E-state index contributed by atoms with van der Waals surface area (Å²) in [5, 5.41) is 5.10.